The summed E-state index contributed by atoms with van der Waals surface area (Å²) in [5.74, 6) is 0.445. The number of benzene rings is 1. The molecule has 0 saturated heterocycles. The molecule has 120 valence electrons. The van der Waals surface area contributed by atoms with E-state index in [9.17, 15) is 4.79 Å². The van der Waals surface area contributed by atoms with Crippen LogP contribution in [0.3, 0.4) is 0 Å². The normalized spacial score (nSPS) is 12.5. The van der Waals surface area contributed by atoms with Crippen LogP contribution in [0, 0.1) is 0 Å². The van der Waals surface area contributed by atoms with E-state index in [1.165, 1.54) is 11.8 Å². The third kappa shape index (κ3) is 3.40. The molecule has 1 aromatic carbocycles. The molecule has 3 rings (SSSR count). The van der Waals surface area contributed by atoms with Crippen LogP contribution in [0.2, 0.25) is 0 Å². The van der Waals surface area contributed by atoms with Crippen LogP contribution in [-0.2, 0) is 11.8 Å². The molecule has 0 saturated carbocycles. The molecule has 1 amide bonds. The first kappa shape index (κ1) is 16.0. The van der Waals surface area contributed by atoms with Crippen LogP contribution in [0.25, 0.3) is 10.2 Å². The maximum Gasteiger partial charge on any atom is 0.233 e. The van der Waals surface area contributed by atoms with Gasteiger partial charge in [0, 0.05) is 26.5 Å². The molecule has 23 heavy (non-hydrogen) atoms. The van der Waals surface area contributed by atoms with Gasteiger partial charge in [0.05, 0.1) is 22.0 Å². The molecule has 0 aliphatic carbocycles. The number of hydrogen-bond donors (Lipinski definition) is 0. The van der Waals surface area contributed by atoms with E-state index in [1.54, 1.807) is 22.4 Å². The Labute approximate surface area is 143 Å². The molecule has 0 aliphatic heterocycles. The van der Waals surface area contributed by atoms with Gasteiger partial charge in [0.2, 0.25) is 5.91 Å². The zero-order valence-electron chi connectivity index (χ0n) is 13.3. The van der Waals surface area contributed by atoms with Crippen molar-refractivity contribution in [1.29, 1.82) is 0 Å². The molecule has 0 fully saturated rings. The lowest BCUT2D eigenvalue weighted by atomic mass is 10.3. The number of aryl methyl sites for hydroxylation is 1. The molecule has 1 atom stereocenters. The van der Waals surface area contributed by atoms with Gasteiger partial charge < -0.3 is 9.47 Å². The van der Waals surface area contributed by atoms with E-state index in [2.05, 4.69) is 16.0 Å². The third-order valence-corrected chi connectivity index (χ3v) is 5.99. The monoisotopic (exact) mass is 346 g/mol. The predicted molar refractivity (Wildman–Crippen MR) is 94.7 cm³/mol. The van der Waals surface area contributed by atoms with Crippen LogP contribution in [0.1, 0.15) is 18.0 Å². The minimum Gasteiger partial charge on any atom is -0.336 e. The van der Waals surface area contributed by atoms with Crippen molar-refractivity contribution in [3.8, 4) is 0 Å². The van der Waals surface area contributed by atoms with Crippen LogP contribution >= 0.6 is 23.1 Å². The van der Waals surface area contributed by atoms with E-state index >= 15 is 0 Å². The Hall–Kier alpha value is -1.86. The molecule has 2 aromatic heterocycles. The average molecular weight is 346 g/mol. The van der Waals surface area contributed by atoms with Gasteiger partial charge >= 0.3 is 0 Å². The van der Waals surface area contributed by atoms with E-state index < -0.39 is 0 Å². The molecular weight excluding hydrogens is 328 g/mol. The highest BCUT2D eigenvalue weighted by Crippen LogP contribution is 2.29. The zero-order chi connectivity index (χ0) is 16.4. The summed E-state index contributed by atoms with van der Waals surface area (Å²) in [5.41, 5.74) is 0.989. The van der Waals surface area contributed by atoms with Gasteiger partial charge in [0.15, 0.2) is 5.16 Å². The molecule has 0 spiro atoms. The summed E-state index contributed by atoms with van der Waals surface area (Å²) in [4.78, 5) is 23.0. The highest BCUT2D eigenvalue weighted by atomic mass is 32.2. The Kier molecular flexibility index (Phi) is 4.68. The number of hydrogen-bond acceptors (Lipinski definition) is 5. The highest BCUT2D eigenvalue weighted by Gasteiger charge is 2.21. The van der Waals surface area contributed by atoms with Crippen molar-refractivity contribution >= 4 is 39.2 Å². The highest BCUT2D eigenvalue weighted by molar-refractivity contribution is 7.99. The Bertz CT molecular complexity index is 793. The van der Waals surface area contributed by atoms with Gasteiger partial charge in [0.1, 0.15) is 5.01 Å². The van der Waals surface area contributed by atoms with Crippen molar-refractivity contribution in [2.75, 3.05) is 12.8 Å². The van der Waals surface area contributed by atoms with Crippen LogP contribution in [0.15, 0.2) is 41.8 Å². The summed E-state index contributed by atoms with van der Waals surface area (Å²) < 4.78 is 3.06. The molecule has 3 aromatic rings. The Morgan fingerprint density at radius 2 is 2.22 bits per heavy atom. The Morgan fingerprint density at radius 1 is 1.43 bits per heavy atom. The number of amides is 1. The second-order valence-corrected chi connectivity index (χ2v) is 7.31. The molecule has 2 heterocycles. The van der Waals surface area contributed by atoms with Crippen molar-refractivity contribution in [3.63, 3.8) is 0 Å². The van der Waals surface area contributed by atoms with Gasteiger partial charge in [0.25, 0.3) is 0 Å². The standard InChI is InChI=1S/C16H18N4OS2/c1-11(15-18-12-6-4-5-7-13(12)23-15)20(3)14(21)10-22-16-17-8-9-19(16)2/h4-9,11H,10H2,1-3H3/t11-/m1/s1. The van der Waals surface area contributed by atoms with Gasteiger partial charge in [-0.15, -0.1) is 11.3 Å². The van der Waals surface area contributed by atoms with Crippen molar-refractivity contribution in [3.05, 3.63) is 41.7 Å². The van der Waals surface area contributed by atoms with Gasteiger partial charge in [-0.3, -0.25) is 4.79 Å². The summed E-state index contributed by atoms with van der Waals surface area (Å²) in [6.45, 7) is 2.01. The largest absolute Gasteiger partial charge is 0.336 e. The molecular formula is C16H18N4OS2. The molecule has 5 nitrogen and oxygen atoms in total. The van der Waals surface area contributed by atoms with E-state index in [0.29, 0.717) is 5.75 Å². The van der Waals surface area contributed by atoms with E-state index in [4.69, 9.17) is 0 Å². The fourth-order valence-corrected chi connectivity index (χ4v) is 4.09. The number of para-hydroxylation sites is 1. The molecule has 0 N–H and O–H groups in total. The topological polar surface area (TPSA) is 51.0 Å². The van der Waals surface area contributed by atoms with Crippen LogP contribution < -0.4 is 0 Å². The van der Waals surface area contributed by atoms with E-state index in [0.717, 1.165) is 20.4 Å². The quantitative estimate of drug-likeness (QED) is 0.665. The van der Waals surface area contributed by atoms with Gasteiger partial charge in [-0.25, -0.2) is 9.97 Å². The predicted octanol–water partition coefficient (Wildman–Crippen LogP) is 3.34. The van der Waals surface area contributed by atoms with Crippen molar-refractivity contribution in [1.82, 2.24) is 19.4 Å². The molecule has 0 aliphatic rings. The van der Waals surface area contributed by atoms with Gasteiger partial charge in [-0.05, 0) is 19.1 Å². The first-order chi connectivity index (χ1) is 11.1. The number of rotatable bonds is 5. The number of carbonyl (C=O) groups is 1. The summed E-state index contributed by atoms with van der Waals surface area (Å²) >= 11 is 3.09. The zero-order valence-corrected chi connectivity index (χ0v) is 14.9. The van der Waals surface area contributed by atoms with E-state index in [-0.39, 0.29) is 11.9 Å². The molecule has 0 radical (unpaired) electrons. The van der Waals surface area contributed by atoms with Gasteiger partial charge in [-0.2, -0.15) is 0 Å². The number of fused-ring (bicyclic) bond motifs is 1. The minimum absolute atomic E-state index is 0.0399. The Balaban J connectivity index is 1.67. The summed E-state index contributed by atoms with van der Waals surface area (Å²) in [7, 11) is 3.76. The number of carbonyl (C=O) groups excluding carboxylic acids is 1. The summed E-state index contributed by atoms with van der Waals surface area (Å²) in [5, 5.41) is 1.81. The van der Waals surface area contributed by atoms with Crippen molar-refractivity contribution < 1.29 is 4.79 Å². The second-order valence-electron chi connectivity index (χ2n) is 5.31. The molecule has 0 unspecified atom stereocenters. The maximum atomic E-state index is 12.4. The SMILES string of the molecule is C[C@H](c1nc2ccccc2s1)N(C)C(=O)CSc1nccn1C. The maximum absolute atomic E-state index is 12.4. The lowest BCUT2D eigenvalue weighted by molar-refractivity contribution is -0.128. The number of imidazole rings is 1. The fourth-order valence-electron chi connectivity index (χ4n) is 2.17. The number of thiazole rings is 1. The molecule has 7 heteroatoms. The number of thioether (sulfide) groups is 1. The Morgan fingerprint density at radius 3 is 2.91 bits per heavy atom. The molecule has 0 bridgehead atoms. The fraction of sp³-hybridized carbons (Fsp3) is 0.312. The van der Waals surface area contributed by atoms with Crippen LogP contribution in [0.4, 0.5) is 0 Å². The summed E-state index contributed by atoms with van der Waals surface area (Å²) in [6, 6.07) is 8.01. The van der Waals surface area contributed by atoms with E-state index in [1.807, 2.05) is 50.0 Å². The van der Waals surface area contributed by atoms with Crippen molar-refractivity contribution in [2.45, 2.75) is 18.1 Å². The smallest absolute Gasteiger partial charge is 0.233 e. The number of nitrogens with zero attached hydrogens (tertiary/aromatic N) is 4. The first-order valence-corrected chi connectivity index (χ1v) is 9.07. The van der Waals surface area contributed by atoms with Crippen LogP contribution in [-0.4, -0.2) is 38.1 Å². The van der Waals surface area contributed by atoms with Crippen molar-refractivity contribution in [2.24, 2.45) is 7.05 Å². The lowest BCUT2D eigenvalue weighted by Crippen LogP contribution is -2.31. The first-order valence-electron chi connectivity index (χ1n) is 7.27. The minimum atomic E-state index is -0.0399. The van der Waals surface area contributed by atoms with Crippen LogP contribution in [0.5, 0.6) is 0 Å². The lowest BCUT2D eigenvalue weighted by Gasteiger charge is -2.23. The van der Waals surface area contributed by atoms with Gasteiger partial charge in [-0.1, -0.05) is 23.9 Å². The number of aromatic nitrogens is 3. The second kappa shape index (κ2) is 6.72. The average Bonchev–Trinajstić information content (AvgIpc) is 3.17. The summed E-state index contributed by atoms with van der Waals surface area (Å²) in [6.07, 6.45) is 3.61. The third-order valence-electron chi connectivity index (χ3n) is 3.74.